The number of amides is 1. The van der Waals surface area contributed by atoms with E-state index in [2.05, 4.69) is 26.8 Å². The molecule has 0 aliphatic heterocycles. The molecule has 0 aromatic carbocycles. The summed E-state index contributed by atoms with van der Waals surface area (Å²) in [7, 11) is 0. The predicted molar refractivity (Wildman–Crippen MR) is 65.3 cm³/mol. The first-order chi connectivity index (χ1) is 6.90. The second-order valence-corrected chi connectivity index (χ2v) is 3.96. The lowest BCUT2D eigenvalue weighted by molar-refractivity contribution is -0.113. The van der Waals surface area contributed by atoms with Crippen LogP contribution in [0.2, 0.25) is 0 Å². The van der Waals surface area contributed by atoms with E-state index < -0.39 is 5.91 Å². The van der Waals surface area contributed by atoms with Crippen molar-refractivity contribution in [1.82, 2.24) is 0 Å². The molecule has 15 heavy (non-hydrogen) atoms. The summed E-state index contributed by atoms with van der Waals surface area (Å²) in [6.45, 7) is 10.4. The molecule has 0 radical (unpaired) electrons. The Hall–Kier alpha value is -1.31. The Labute approximate surface area is 92.6 Å². The van der Waals surface area contributed by atoms with Gasteiger partial charge >= 0.3 is 0 Å². The first-order valence-electron chi connectivity index (χ1n) is 5.21. The summed E-state index contributed by atoms with van der Waals surface area (Å²) in [6.07, 6.45) is 5.27. The number of carbonyl (C=O) groups excluding carboxylic acids is 1. The molecule has 2 N–H and O–H groups in total. The molecule has 0 saturated carbocycles. The first kappa shape index (κ1) is 13.7. The highest BCUT2D eigenvalue weighted by molar-refractivity contribution is 5.86. The second-order valence-electron chi connectivity index (χ2n) is 3.96. The molecule has 0 fully saturated rings. The normalized spacial score (nSPS) is 14.7. The van der Waals surface area contributed by atoms with Crippen molar-refractivity contribution >= 4 is 5.91 Å². The van der Waals surface area contributed by atoms with Crippen molar-refractivity contribution in [2.24, 2.45) is 11.7 Å². The van der Waals surface area contributed by atoms with Crippen molar-refractivity contribution in [1.29, 1.82) is 0 Å². The topological polar surface area (TPSA) is 43.1 Å². The molecule has 0 aromatic heterocycles. The number of nitrogens with two attached hydrogens (primary N) is 1. The Bertz CT molecular complexity index is 319. The van der Waals surface area contributed by atoms with Crippen LogP contribution in [0.25, 0.3) is 0 Å². The molecular formula is C13H21NO. The minimum absolute atomic E-state index is 0.407. The fourth-order valence-electron chi connectivity index (χ4n) is 1.67. The average molecular weight is 207 g/mol. The zero-order valence-electron chi connectivity index (χ0n) is 10.3. The van der Waals surface area contributed by atoms with E-state index in [1.165, 1.54) is 17.2 Å². The molecule has 0 rings (SSSR count). The minimum atomic E-state index is -0.407. The minimum Gasteiger partial charge on any atom is -0.366 e. The summed E-state index contributed by atoms with van der Waals surface area (Å²) in [4.78, 5) is 10.6. The maximum atomic E-state index is 10.6. The van der Waals surface area contributed by atoms with E-state index in [1.54, 1.807) is 6.08 Å². The Morgan fingerprint density at radius 3 is 2.07 bits per heavy atom. The SMILES string of the molecule is C\C=C(C)/C(=C(C)\C=C\C(N)=O)C(C)C. The van der Waals surface area contributed by atoms with Gasteiger partial charge in [-0.3, -0.25) is 4.79 Å². The summed E-state index contributed by atoms with van der Waals surface area (Å²) in [5.41, 5.74) is 8.68. The number of primary amides is 1. The molecule has 0 aliphatic carbocycles. The molecular weight excluding hydrogens is 186 g/mol. The van der Waals surface area contributed by atoms with E-state index in [9.17, 15) is 4.79 Å². The third kappa shape index (κ3) is 4.63. The molecule has 0 aromatic rings. The van der Waals surface area contributed by atoms with Gasteiger partial charge in [-0.2, -0.15) is 0 Å². The molecule has 0 heterocycles. The van der Waals surface area contributed by atoms with E-state index in [0.717, 1.165) is 5.57 Å². The van der Waals surface area contributed by atoms with Crippen molar-refractivity contribution < 1.29 is 4.79 Å². The Balaban J connectivity index is 5.19. The van der Waals surface area contributed by atoms with E-state index in [-0.39, 0.29) is 0 Å². The highest BCUT2D eigenvalue weighted by atomic mass is 16.1. The summed E-state index contributed by atoms with van der Waals surface area (Å²) in [5.74, 6) is 0.0364. The van der Waals surface area contributed by atoms with Crippen LogP contribution >= 0.6 is 0 Å². The zero-order valence-corrected chi connectivity index (χ0v) is 10.3. The molecule has 0 aliphatic rings. The van der Waals surface area contributed by atoms with Gasteiger partial charge in [-0.25, -0.2) is 0 Å². The first-order valence-corrected chi connectivity index (χ1v) is 5.21. The van der Waals surface area contributed by atoms with Crippen LogP contribution in [0.4, 0.5) is 0 Å². The lowest BCUT2D eigenvalue weighted by Crippen LogP contribution is -2.06. The lowest BCUT2D eigenvalue weighted by Gasteiger charge is -2.14. The molecule has 84 valence electrons. The van der Waals surface area contributed by atoms with Crippen LogP contribution in [0.15, 0.2) is 34.9 Å². The second kappa shape index (κ2) is 6.23. The fraction of sp³-hybridized carbons (Fsp3) is 0.462. The van der Waals surface area contributed by atoms with Gasteiger partial charge < -0.3 is 5.73 Å². The number of hydrogen-bond acceptors (Lipinski definition) is 1. The molecule has 2 nitrogen and oxygen atoms in total. The van der Waals surface area contributed by atoms with Crippen molar-refractivity contribution in [3.63, 3.8) is 0 Å². The third-order valence-corrected chi connectivity index (χ3v) is 2.36. The van der Waals surface area contributed by atoms with Gasteiger partial charge in [0.25, 0.3) is 0 Å². The van der Waals surface area contributed by atoms with E-state index in [0.29, 0.717) is 5.92 Å². The van der Waals surface area contributed by atoms with Crippen LogP contribution in [0.5, 0.6) is 0 Å². The van der Waals surface area contributed by atoms with Crippen molar-refractivity contribution in [2.45, 2.75) is 34.6 Å². The monoisotopic (exact) mass is 207 g/mol. The van der Waals surface area contributed by atoms with Gasteiger partial charge in [-0.05, 0) is 37.8 Å². The maximum absolute atomic E-state index is 10.6. The molecule has 0 atom stereocenters. The van der Waals surface area contributed by atoms with Crippen LogP contribution in [0.1, 0.15) is 34.6 Å². The Morgan fingerprint density at radius 2 is 1.73 bits per heavy atom. The quantitative estimate of drug-likeness (QED) is 0.559. The molecule has 1 amide bonds. The van der Waals surface area contributed by atoms with Gasteiger partial charge in [-0.15, -0.1) is 0 Å². The third-order valence-electron chi connectivity index (χ3n) is 2.36. The Morgan fingerprint density at radius 1 is 1.20 bits per heavy atom. The average Bonchev–Trinajstić information content (AvgIpc) is 2.14. The summed E-state index contributed by atoms with van der Waals surface area (Å²) in [6, 6.07) is 0. The standard InChI is InChI=1S/C13H21NO/c1-6-10(4)13(9(2)3)11(5)7-8-12(14)15/h6-9H,1-5H3,(H2,14,15)/b8-7+,10-6-,13-11-. The van der Waals surface area contributed by atoms with Gasteiger partial charge in [0.2, 0.25) is 5.91 Å². The van der Waals surface area contributed by atoms with Crippen LogP contribution < -0.4 is 5.73 Å². The number of hydrogen-bond donors (Lipinski definition) is 1. The molecule has 0 spiro atoms. The van der Waals surface area contributed by atoms with E-state index >= 15 is 0 Å². The predicted octanol–water partition coefficient (Wildman–Crippen LogP) is 2.97. The molecule has 0 bridgehead atoms. The summed E-state index contributed by atoms with van der Waals surface area (Å²) >= 11 is 0. The molecule has 0 unspecified atom stereocenters. The maximum Gasteiger partial charge on any atom is 0.241 e. The number of rotatable bonds is 4. The van der Waals surface area contributed by atoms with Crippen molar-refractivity contribution in [3.05, 3.63) is 34.9 Å². The van der Waals surface area contributed by atoms with Crippen molar-refractivity contribution in [2.75, 3.05) is 0 Å². The van der Waals surface area contributed by atoms with Gasteiger partial charge in [0.05, 0.1) is 0 Å². The fourth-order valence-corrected chi connectivity index (χ4v) is 1.67. The van der Waals surface area contributed by atoms with Gasteiger partial charge in [0, 0.05) is 6.08 Å². The van der Waals surface area contributed by atoms with Gasteiger partial charge in [0.15, 0.2) is 0 Å². The van der Waals surface area contributed by atoms with E-state index in [1.807, 2.05) is 13.8 Å². The highest BCUT2D eigenvalue weighted by Gasteiger charge is 2.07. The van der Waals surface area contributed by atoms with Gasteiger partial charge in [-0.1, -0.05) is 31.6 Å². The lowest BCUT2D eigenvalue weighted by atomic mass is 9.91. The summed E-state index contributed by atoms with van der Waals surface area (Å²) < 4.78 is 0. The van der Waals surface area contributed by atoms with E-state index in [4.69, 9.17) is 5.73 Å². The molecule has 2 heteroatoms. The Kier molecular flexibility index (Phi) is 5.68. The van der Waals surface area contributed by atoms with Crippen LogP contribution in [0, 0.1) is 5.92 Å². The largest absolute Gasteiger partial charge is 0.366 e. The zero-order chi connectivity index (χ0) is 12.0. The summed E-state index contributed by atoms with van der Waals surface area (Å²) in [5, 5.41) is 0. The smallest absolute Gasteiger partial charge is 0.241 e. The van der Waals surface area contributed by atoms with Crippen LogP contribution in [-0.2, 0) is 4.79 Å². The van der Waals surface area contributed by atoms with Crippen LogP contribution in [0.3, 0.4) is 0 Å². The number of carbonyl (C=O) groups is 1. The number of allylic oxidation sites excluding steroid dienone is 5. The van der Waals surface area contributed by atoms with Crippen LogP contribution in [-0.4, -0.2) is 5.91 Å². The highest BCUT2D eigenvalue weighted by Crippen LogP contribution is 2.23. The van der Waals surface area contributed by atoms with Gasteiger partial charge in [0.1, 0.15) is 0 Å². The van der Waals surface area contributed by atoms with Crippen molar-refractivity contribution in [3.8, 4) is 0 Å². The molecule has 0 saturated heterocycles.